The monoisotopic (exact) mass is 239 g/mol. The molecule has 0 aromatic rings. The number of likely N-dealkylation sites (N-methyl/N-ethyl adjacent to an activating group) is 1. The van der Waals surface area contributed by atoms with E-state index < -0.39 is 0 Å². The van der Waals surface area contributed by atoms with Gasteiger partial charge in [0, 0.05) is 12.6 Å². The highest BCUT2D eigenvalue weighted by Crippen LogP contribution is 2.38. The van der Waals surface area contributed by atoms with Gasteiger partial charge in [0.25, 0.3) is 0 Å². The van der Waals surface area contributed by atoms with E-state index in [9.17, 15) is 5.11 Å². The van der Waals surface area contributed by atoms with E-state index >= 15 is 0 Å². The molecular formula is C15H29NO. The summed E-state index contributed by atoms with van der Waals surface area (Å²) in [7, 11) is 0. The molecule has 0 saturated heterocycles. The summed E-state index contributed by atoms with van der Waals surface area (Å²) in [6, 6.07) is 0.407. The molecule has 0 aromatic carbocycles. The van der Waals surface area contributed by atoms with Gasteiger partial charge in [0.15, 0.2) is 0 Å². The third-order valence-corrected chi connectivity index (χ3v) is 4.92. The number of aliphatic hydroxyl groups is 1. The Hall–Kier alpha value is -0.0800. The summed E-state index contributed by atoms with van der Waals surface area (Å²) in [6.45, 7) is 9.25. The lowest BCUT2D eigenvalue weighted by molar-refractivity contribution is -0.0249. The van der Waals surface area contributed by atoms with Crippen molar-refractivity contribution in [3.05, 3.63) is 0 Å². The van der Waals surface area contributed by atoms with Gasteiger partial charge in [-0.2, -0.15) is 0 Å². The maximum Gasteiger partial charge on any atom is 0.0695 e. The molecule has 0 aromatic heterocycles. The Labute approximate surface area is 106 Å². The second kappa shape index (κ2) is 5.27. The van der Waals surface area contributed by atoms with Gasteiger partial charge >= 0.3 is 0 Å². The van der Waals surface area contributed by atoms with E-state index in [-0.39, 0.29) is 6.10 Å². The molecule has 0 bridgehead atoms. The zero-order valence-corrected chi connectivity index (χ0v) is 11.8. The molecule has 0 radical (unpaired) electrons. The molecule has 0 spiro atoms. The molecule has 0 aliphatic heterocycles. The maximum atomic E-state index is 10.3. The van der Waals surface area contributed by atoms with Crippen molar-refractivity contribution < 1.29 is 5.11 Å². The molecule has 100 valence electrons. The van der Waals surface area contributed by atoms with E-state index in [1.807, 2.05) is 0 Å². The lowest BCUT2D eigenvalue weighted by Gasteiger charge is -2.45. The first-order valence-electron chi connectivity index (χ1n) is 7.44. The highest BCUT2D eigenvalue weighted by Gasteiger charge is 2.37. The predicted molar refractivity (Wildman–Crippen MR) is 72.0 cm³/mol. The van der Waals surface area contributed by atoms with Crippen molar-refractivity contribution in [3.63, 3.8) is 0 Å². The Morgan fingerprint density at radius 1 is 1.24 bits per heavy atom. The molecule has 2 nitrogen and oxygen atoms in total. The fourth-order valence-corrected chi connectivity index (χ4v) is 3.41. The average molecular weight is 239 g/mol. The molecule has 2 unspecified atom stereocenters. The van der Waals surface area contributed by atoms with E-state index in [0.29, 0.717) is 11.5 Å². The largest absolute Gasteiger partial charge is 0.391 e. The molecular weight excluding hydrogens is 210 g/mol. The fourth-order valence-electron chi connectivity index (χ4n) is 3.41. The van der Waals surface area contributed by atoms with E-state index in [4.69, 9.17) is 0 Å². The van der Waals surface area contributed by atoms with Crippen LogP contribution in [0.2, 0.25) is 0 Å². The van der Waals surface area contributed by atoms with Crippen LogP contribution in [0.15, 0.2) is 0 Å². The van der Waals surface area contributed by atoms with Crippen molar-refractivity contribution in [3.8, 4) is 0 Å². The summed E-state index contributed by atoms with van der Waals surface area (Å²) >= 11 is 0. The average Bonchev–Trinajstić information content (AvgIpc) is 2.21. The number of hydrogen-bond donors (Lipinski definition) is 1. The third kappa shape index (κ3) is 3.23. The molecule has 0 amide bonds. The van der Waals surface area contributed by atoms with Crippen LogP contribution in [0.3, 0.4) is 0 Å². The Morgan fingerprint density at radius 2 is 1.94 bits per heavy atom. The fraction of sp³-hybridized carbons (Fsp3) is 1.00. The molecule has 17 heavy (non-hydrogen) atoms. The van der Waals surface area contributed by atoms with E-state index in [1.165, 1.54) is 32.2 Å². The second-order valence-corrected chi connectivity index (χ2v) is 6.93. The van der Waals surface area contributed by atoms with Crippen LogP contribution >= 0.6 is 0 Å². The molecule has 2 fully saturated rings. The minimum atomic E-state index is -0.0944. The van der Waals surface area contributed by atoms with Gasteiger partial charge in [-0.05, 0) is 50.0 Å². The quantitative estimate of drug-likeness (QED) is 0.815. The van der Waals surface area contributed by atoms with Gasteiger partial charge in [-0.15, -0.1) is 0 Å². The SMILES string of the molecule is CCN(CC1CCC1)C1CC(C)(C)CCC1O. The van der Waals surface area contributed by atoms with Gasteiger partial charge in [-0.25, -0.2) is 0 Å². The summed E-state index contributed by atoms with van der Waals surface area (Å²) < 4.78 is 0. The van der Waals surface area contributed by atoms with Gasteiger partial charge in [0.2, 0.25) is 0 Å². The van der Waals surface area contributed by atoms with E-state index in [1.54, 1.807) is 0 Å². The van der Waals surface area contributed by atoms with Gasteiger partial charge in [-0.1, -0.05) is 27.2 Å². The van der Waals surface area contributed by atoms with Crippen LogP contribution in [0.25, 0.3) is 0 Å². The maximum absolute atomic E-state index is 10.3. The normalized spacial score (nSPS) is 33.7. The Morgan fingerprint density at radius 3 is 2.47 bits per heavy atom. The highest BCUT2D eigenvalue weighted by atomic mass is 16.3. The summed E-state index contributed by atoms with van der Waals surface area (Å²) in [5, 5.41) is 10.3. The topological polar surface area (TPSA) is 23.5 Å². The Bertz CT molecular complexity index is 247. The van der Waals surface area contributed by atoms with Gasteiger partial charge in [-0.3, -0.25) is 4.90 Å². The zero-order chi connectivity index (χ0) is 12.5. The second-order valence-electron chi connectivity index (χ2n) is 6.93. The molecule has 2 heteroatoms. The molecule has 2 saturated carbocycles. The number of nitrogens with zero attached hydrogens (tertiary/aromatic N) is 1. The summed E-state index contributed by atoms with van der Waals surface area (Å²) in [6.07, 6.45) is 7.45. The number of rotatable bonds is 4. The van der Waals surface area contributed by atoms with Gasteiger partial charge < -0.3 is 5.11 Å². The van der Waals surface area contributed by atoms with Crippen molar-refractivity contribution in [1.82, 2.24) is 4.90 Å². The predicted octanol–water partition coefficient (Wildman–Crippen LogP) is 3.05. The van der Waals surface area contributed by atoms with Crippen LogP contribution in [0, 0.1) is 11.3 Å². The summed E-state index contributed by atoms with van der Waals surface area (Å²) in [5.41, 5.74) is 0.414. The van der Waals surface area contributed by atoms with Crippen LogP contribution < -0.4 is 0 Å². The first kappa shape index (κ1) is 13.4. The number of aliphatic hydroxyl groups excluding tert-OH is 1. The standard InChI is InChI=1S/C15H29NO/c1-4-16(11-12-6-5-7-12)13-10-15(2,3)9-8-14(13)17/h12-14,17H,4-11H2,1-3H3. The minimum Gasteiger partial charge on any atom is -0.391 e. The van der Waals surface area contributed by atoms with Crippen LogP contribution in [0.4, 0.5) is 0 Å². The third-order valence-electron chi connectivity index (χ3n) is 4.92. The van der Waals surface area contributed by atoms with Crippen LogP contribution in [-0.4, -0.2) is 35.2 Å². The molecule has 2 aliphatic rings. The van der Waals surface area contributed by atoms with E-state index in [2.05, 4.69) is 25.7 Å². The number of hydrogen-bond acceptors (Lipinski definition) is 2. The molecule has 0 heterocycles. The molecule has 2 aliphatic carbocycles. The first-order chi connectivity index (χ1) is 8.02. The van der Waals surface area contributed by atoms with E-state index in [0.717, 1.165) is 25.3 Å². The molecule has 2 atom stereocenters. The van der Waals surface area contributed by atoms with Crippen LogP contribution in [0.1, 0.15) is 59.3 Å². The first-order valence-corrected chi connectivity index (χ1v) is 7.44. The van der Waals surface area contributed by atoms with Crippen LogP contribution in [-0.2, 0) is 0 Å². The van der Waals surface area contributed by atoms with Crippen molar-refractivity contribution in [2.24, 2.45) is 11.3 Å². The van der Waals surface area contributed by atoms with Crippen LogP contribution in [0.5, 0.6) is 0 Å². The Balaban J connectivity index is 1.95. The van der Waals surface area contributed by atoms with Gasteiger partial charge in [0.1, 0.15) is 0 Å². The Kier molecular flexibility index (Phi) is 4.14. The lowest BCUT2D eigenvalue weighted by atomic mass is 9.73. The highest BCUT2D eigenvalue weighted by molar-refractivity contribution is 4.91. The molecule has 2 rings (SSSR count). The minimum absolute atomic E-state index is 0.0944. The molecule has 1 N–H and O–H groups in total. The van der Waals surface area contributed by atoms with Crippen molar-refractivity contribution >= 4 is 0 Å². The summed E-state index contributed by atoms with van der Waals surface area (Å²) in [5.74, 6) is 0.909. The van der Waals surface area contributed by atoms with Crippen molar-refractivity contribution in [2.45, 2.75) is 71.4 Å². The van der Waals surface area contributed by atoms with Gasteiger partial charge in [0.05, 0.1) is 6.10 Å². The van der Waals surface area contributed by atoms with Crippen molar-refractivity contribution in [1.29, 1.82) is 0 Å². The lowest BCUT2D eigenvalue weighted by Crippen LogP contribution is -2.51. The summed E-state index contributed by atoms with van der Waals surface area (Å²) in [4.78, 5) is 2.55. The smallest absolute Gasteiger partial charge is 0.0695 e. The zero-order valence-electron chi connectivity index (χ0n) is 11.8. The van der Waals surface area contributed by atoms with Crippen molar-refractivity contribution in [2.75, 3.05) is 13.1 Å².